The summed E-state index contributed by atoms with van der Waals surface area (Å²) >= 11 is 0. The van der Waals surface area contributed by atoms with Crippen molar-refractivity contribution < 1.29 is 19.1 Å². The van der Waals surface area contributed by atoms with E-state index in [1.54, 1.807) is 24.3 Å². The van der Waals surface area contributed by atoms with Crippen molar-refractivity contribution >= 4 is 17.6 Å². The summed E-state index contributed by atoms with van der Waals surface area (Å²) in [5.74, 6) is -0.500. The summed E-state index contributed by atoms with van der Waals surface area (Å²) in [6.45, 7) is 0. The first-order valence-electron chi connectivity index (χ1n) is 5.54. The Morgan fingerprint density at radius 1 is 1.21 bits per heavy atom. The molecule has 0 radical (unpaired) electrons. The van der Waals surface area contributed by atoms with Gasteiger partial charge in [0.25, 0.3) is 5.91 Å². The van der Waals surface area contributed by atoms with Crippen LogP contribution < -0.4 is 15.4 Å². The number of nitrogens with one attached hydrogen (secondary N) is 2. The quantitative estimate of drug-likeness (QED) is 0.610. The molecular formula is C13H16N2O4. The molecule has 0 heterocycles. The Bertz CT molecular complexity index is 497. The summed E-state index contributed by atoms with van der Waals surface area (Å²) in [4.78, 5) is 22.9. The van der Waals surface area contributed by atoms with E-state index in [-0.39, 0.29) is 5.70 Å². The van der Waals surface area contributed by atoms with Gasteiger partial charge in [0.2, 0.25) is 0 Å². The predicted octanol–water partition coefficient (Wildman–Crippen LogP) is 0.910. The largest absolute Gasteiger partial charge is 0.495 e. The minimum absolute atomic E-state index is 0.0684. The summed E-state index contributed by atoms with van der Waals surface area (Å²) in [6, 6.07) is 7.05. The molecule has 1 rings (SSSR count). The van der Waals surface area contributed by atoms with Crippen molar-refractivity contribution in [1.82, 2.24) is 5.32 Å². The molecule has 0 bridgehead atoms. The summed E-state index contributed by atoms with van der Waals surface area (Å²) in [7, 11) is 4.23. The number of methoxy groups -OCH3 is 2. The molecule has 0 saturated carbocycles. The van der Waals surface area contributed by atoms with Crippen LogP contribution in [0, 0.1) is 0 Å². The Hall–Kier alpha value is -2.50. The molecule has 0 atom stereocenters. The van der Waals surface area contributed by atoms with E-state index in [0.717, 1.165) is 6.08 Å². The van der Waals surface area contributed by atoms with E-state index in [4.69, 9.17) is 4.74 Å². The summed E-state index contributed by atoms with van der Waals surface area (Å²) < 4.78 is 9.66. The number of benzene rings is 1. The lowest BCUT2D eigenvalue weighted by molar-refractivity contribution is -0.135. The molecule has 0 spiro atoms. The molecule has 0 aliphatic carbocycles. The first kappa shape index (κ1) is 14.6. The molecule has 102 valence electrons. The third kappa shape index (κ3) is 4.02. The van der Waals surface area contributed by atoms with Gasteiger partial charge in [0, 0.05) is 7.05 Å². The van der Waals surface area contributed by atoms with E-state index in [0.29, 0.717) is 11.4 Å². The minimum Gasteiger partial charge on any atom is -0.495 e. The van der Waals surface area contributed by atoms with Gasteiger partial charge in [-0.15, -0.1) is 0 Å². The van der Waals surface area contributed by atoms with E-state index in [2.05, 4.69) is 15.4 Å². The summed E-state index contributed by atoms with van der Waals surface area (Å²) in [5.41, 5.74) is 0.641. The minimum atomic E-state index is -0.624. The van der Waals surface area contributed by atoms with Gasteiger partial charge in [-0.1, -0.05) is 12.1 Å². The Balaban J connectivity index is 3.04. The van der Waals surface area contributed by atoms with Gasteiger partial charge in [0.1, 0.15) is 11.4 Å². The van der Waals surface area contributed by atoms with Crippen molar-refractivity contribution in [3.8, 4) is 5.75 Å². The van der Waals surface area contributed by atoms with Gasteiger partial charge in [0.15, 0.2) is 0 Å². The number of amides is 1. The number of hydrogen-bond donors (Lipinski definition) is 2. The third-order valence-electron chi connectivity index (χ3n) is 2.31. The molecule has 0 unspecified atom stereocenters. The van der Waals surface area contributed by atoms with Crippen LogP contribution in [0.25, 0.3) is 0 Å². The number of rotatable bonds is 5. The van der Waals surface area contributed by atoms with Crippen molar-refractivity contribution in [3.63, 3.8) is 0 Å². The molecule has 1 aromatic carbocycles. The average Bonchev–Trinajstić information content (AvgIpc) is 2.45. The SMILES string of the molecule is CNC(=O)/C(=C/C(=O)OC)Nc1ccccc1OC. The van der Waals surface area contributed by atoms with Gasteiger partial charge in [-0.2, -0.15) is 0 Å². The highest BCUT2D eigenvalue weighted by Gasteiger charge is 2.12. The van der Waals surface area contributed by atoms with Crippen LogP contribution in [0.2, 0.25) is 0 Å². The maximum atomic E-state index is 11.7. The van der Waals surface area contributed by atoms with Gasteiger partial charge in [-0.25, -0.2) is 4.79 Å². The van der Waals surface area contributed by atoms with Gasteiger partial charge in [-0.05, 0) is 12.1 Å². The number of ether oxygens (including phenoxy) is 2. The predicted molar refractivity (Wildman–Crippen MR) is 70.8 cm³/mol. The zero-order valence-electron chi connectivity index (χ0n) is 11.0. The zero-order chi connectivity index (χ0) is 14.3. The first-order chi connectivity index (χ1) is 9.12. The summed E-state index contributed by atoms with van der Waals surface area (Å²) in [6.07, 6.45) is 1.07. The molecule has 6 nitrogen and oxygen atoms in total. The first-order valence-corrected chi connectivity index (χ1v) is 5.54. The van der Waals surface area contributed by atoms with Crippen LogP contribution in [-0.2, 0) is 14.3 Å². The number of carbonyl (C=O) groups excluding carboxylic acids is 2. The number of esters is 1. The van der Waals surface area contributed by atoms with Crippen molar-refractivity contribution in [1.29, 1.82) is 0 Å². The van der Waals surface area contributed by atoms with Crippen molar-refractivity contribution in [2.75, 3.05) is 26.6 Å². The molecule has 2 N–H and O–H groups in total. The van der Waals surface area contributed by atoms with Crippen LogP contribution in [-0.4, -0.2) is 33.1 Å². The van der Waals surface area contributed by atoms with E-state index < -0.39 is 11.9 Å². The number of para-hydroxylation sites is 2. The van der Waals surface area contributed by atoms with Crippen LogP contribution in [0.1, 0.15) is 0 Å². The van der Waals surface area contributed by atoms with E-state index in [1.807, 2.05) is 0 Å². The van der Waals surface area contributed by atoms with E-state index in [9.17, 15) is 9.59 Å². The number of hydrogen-bond acceptors (Lipinski definition) is 5. The number of likely N-dealkylation sites (N-methyl/N-ethyl adjacent to an activating group) is 1. The maximum absolute atomic E-state index is 11.7. The lowest BCUT2D eigenvalue weighted by atomic mass is 10.2. The summed E-state index contributed by atoms with van der Waals surface area (Å²) in [5, 5.41) is 5.27. The molecule has 6 heteroatoms. The second kappa shape index (κ2) is 7.05. The molecule has 0 aliphatic heterocycles. The standard InChI is InChI=1S/C13H16N2O4/c1-14-13(17)10(8-12(16)19-3)15-9-6-4-5-7-11(9)18-2/h4-8,15H,1-3H3,(H,14,17)/b10-8-. The fourth-order valence-corrected chi connectivity index (χ4v) is 1.36. The highest BCUT2D eigenvalue weighted by molar-refractivity contribution is 6.01. The normalized spacial score (nSPS) is 10.6. The fourth-order valence-electron chi connectivity index (χ4n) is 1.36. The van der Waals surface area contributed by atoms with Crippen molar-refractivity contribution in [2.24, 2.45) is 0 Å². The fraction of sp³-hybridized carbons (Fsp3) is 0.231. The second-order valence-corrected chi connectivity index (χ2v) is 3.49. The average molecular weight is 264 g/mol. The van der Waals surface area contributed by atoms with Crippen LogP contribution >= 0.6 is 0 Å². The highest BCUT2D eigenvalue weighted by Crippen LogP contribution is 2.24. The topological polar surface area (TPSA) is 76.7 Å². The van der Waals surface area contributed by atoms with E-state index >= 15 is 0 Å². The Morgan fingerprint density at radius 3 is 2.47 bits per heavy atom. The van der Waals surface area contributed by atoms with Gasteiger partial charge in [0.05, 0.1) is 26.0 Å². The molecule has 0 saturated heterocycles. The van der Waals surface area contributed by atoms with Crippen molar-refractivity contribution in [3.05, 3.63) is 36.0 Å². The van der Waals surface area contributed by atoms with Crippen LogP contribution in [0.3, 0.4) is 0 Å². The highest BCUT2D eigenvalue weighted by atomic mass is 16.5. The maximum Gasteiger partial charge on any atom is 0.332 e. The van der Waals surface area contributed by atoms with Gasteiger partial charge in [-0.3, -0.25) is 4.79 Å². The lowest BCUT2D eigenvalue weighted by Gasteiger charge is -2.12. The molecule has 0 fully saturated rings. The van der Waals surface area contributed by atoms with Crippen LogP contribution in [0.15, 0.2) is 36.0 Å². The third-order valence-corrected chi connectivity index (χ3v) is 2.31. The lowest BCUT2D eigenvalue weighted by Crippen LogP contribution is -2.25. The number of anilines is 1. The van der Waals surface area contributed by atoms with Crippen molar-refractivity contribution in [2.45, 2.75) is 0 Å². The second-order valence-electron chi connectivity index (χ2n) is 3.49. The van der Waals surface area contributed by atoms with Crippen LogP contribution in [0.5, 0.6) is 5.75 Å². The Kier molecular flexibility index (Phi) is 5.40. The van der Waals surface area contributed by atoms with Gasteiger partial charge < -0.3 is 20.1 Å². The van der Waals surface area contributed by atoms with Gasteiger partial charge >= 0.3 is 5.97 Å². The monoisotopic (exact) mass is 264 g/mol. The van der Waals surface area contributed by atoms with Crippen LogP contribution in [0.4, 0.5) is 5.69 Å². The molecule has 1 aromatic rings. The molecule has 1 amide bonds. The number of carbonyl (C=O) groups is 2. The molecule has 0 aliphatic rings. The Labute approximate surface area is 111 Å². The van der Waals surface area contributed by atoms with E-state index in [1.165, 1.54) is 21.3 Å². The zero-order valence-corrected chi connectivity index (χ0v) is 11.0. The molecular weight excluding hydrogens is 248 g/mol. The smallest absolute Gasteiger partial charge is 0.332 e. The molecule has 0 aromatic heterocycles. The Morgan fingerprint density at radius 2 is 1.89 bits per heavy atom. The molecule has 19 heavy (non-hydrogen) atoms.